The van der Waals surface area contributed by atoms with Crippen molar-refractivity contribution in [3.05, 3.63) is 0 Å². The third kappa shape index (κ3) is 3.42. The van der Waals surface area contributed by atoms with E-state index in [2.05, 4.69) is 4.90 Å². The Morgan fingerprint density at radius 3 is 2.88 bits per heavy atom. The summed E-state index contributed by atoms with van der Waals surface area (Å²) in [6.45, 7) is 5.11. The van der Waals surface area contributed by atoms with Gasteiger partial charge in [-0.3, -0.25) is 9.69 Å². The van der Waals surface area contributed by atoms with E-state index in [1.807, 2.05) is 6.92 Å². The fraction of sp³-hybridized carbons (Fsp3) is 0.923. The molecular formula is C13H23NO3. The van der Waals surface area contributed by atoms with Crippen molar-refractivity contribution in [1.29, 1.82) is 0 Å². The SMILES string of the molecule is CCOC1CC(N2CCC(CCC(=O)O)C2)C1. The second kappa shape index (κ2) is 5.83. The second-order valence-electron chi connectivity index (χ2n) is 5.28. The smallest absolute Gasteiger partial charge is 0.303 e. The van der Waals surface area contributed by atoms with Crippen LogP contribution in [0.15, 0.2) is 0 Å². The van der Waals surface area contributed by atoms with Crippen molar-refractivity contribution in [2.45, 2.75) is 51.2 Å². The maximum Gasteiger partial charge on any atom is 0.303 e. The van der Waals surface area contributed by atoms with E-state index in [0.717, 1.165) is 26.1 Å². The Bertz CT molecular complexity index is 263. The van der Waals surface area contributed by atoms with Gasteiger partial charge in [0.25, 0.3) is 0 Å². The quantitative estimate of drug-likeness (QED) is 0.769. The van der Waals surface area contributed by atoms with E-state index in [4.69, 9.17) is 9.84 Å². The Hall–Kier alpha value is -0.610. The molecular weight excluding hydrogens is 218 g/mol. The van der Waals surface area contributed by atoms with Crippen LogP contribution in [0.1, 0.15) is 39.0 Å². The standard InChI is InChI=1S/C13H23NO3/c1-2-17-12-7-11(8-12)14-6-5-10(9-14)3-4-13(15)16/h10-12H,2-9H2,1H3,(H,15,16). The number of nitrogens with zero attached hydrogens (tertiary/aromatic N) is 1. The Morgan fingerprint density at radius 2 is 2.24 bits per heavy atom. The Labute approximate surface area is 103 Å². The van der Waals surface area contributed by atoms with Gasteiger partial charge in [0.05, 0.1) is 6.10 Å². The number of carboxylic acids is 1. The van der Waals surface area contributed by atoms with Crippen LogP contribution in [0.5, 0.6) is 0 Å². The molecule has 1 saturated carbocycles. The molecule has 4 heteroatoms. The van der Waals surface area contributed by atoms with Crippen LogP contribution in [0, 0.1) is 5.92 Å². The highest BCUT2D eigenvalue weighted by Crippen LogP contribution is 2.33. The number of aliphatic carboxylic acids is 1. The van der Waals surface area contributed by atoms with Crippen LogP contribution in [0.2, 0.25) is 0 Å². The normalized spacial score (nSPS) is 33.6. The third-order valence-electron chi connectivity index (χ3n) is 4.07. The topological polar surface area (TPSA) is 49.8 Å². The Kier molecular flexibility index (Phi) is 4.40. The van der Waals surface area contributed by atoms with Gasteiger partial charge in [0.1, 0.15) is 0 Å². The molecule has 1 saturated heterocycles. The zero-order valence-corrected chi connectivity index (χ0v) is 10.6. The molecule has 1 aliphatic carbocycles. The van der Waals surface area contributed by atoms with Crippen LogP contribution in [0.3, 0.4) is 0 Å². The summed E-state index contributed by atoms with van der Waals surface area (Å²) in [6, 6.07) is 0.696. The lowest BCUT2D eigenvalue weighted by Crippen LogP contribution is -2.47. The molecule has 2 aliphatic rings. The molecule has 0 aromatic heterocycles. The van der Waals surface area contributed by atoms with Gasteiger partial charge in [-0.1, -0.05) is 0 Å². The summed E-state index contributed by atoms with van der Waals surface area (Å²) < 4.78 is 5.57. The van der Waals surface area contributed by atoms with Crippen LogP contribution in [0.4, 0.5) is 0 Å². The van der Waals surface area contributed by atoms with Crippen LogP contribution >= 0.6 is 0 Å². The summed E-state index contributed by atoms with van der Waals surface area (Å²) in [7, 11) is 0. The minimum Gasteiger partial charge on any atom is -0.481 e. The lowest BCUT2D eigenvalue weighted by molar-refractivity contribution is -0.137. The molecule has 0 radical (unpaired) electrons. The number of carboxylic acid groups (broad SMARTS) is 1. The molecule has 0 aromatic rings. The monoisotopic (exact) mass is 241 g/mol. The van der Waals surface area contributed by atoms with Gasteiger partial charge < -0.3 is 9.84 Å². The van der Waals surface area contributed by atoms with Crippen LogP contribution in [-0.4, -0.2) is 47.8 Å². The van der Waals surface area contributed by atoms with Gasteiger partial charge in [0, 0.05) is 25.6 Å². The molecule has 2 fully saturated rings. The molecule has 17 heavy (non-hydrogen) atoms. The van der Waals surface area contributed by atoms with Crippen molar-refractivity contribution in [2.75, 3.05) is 19.7 Å². The van der Waals surface area contributed by atoms with E-state index in [9.17, 15) is 4.79 Å². The first-order valence-corrected chi connectivity index (χ1v) is 6.76. The summed E-state index contributed by atoms with van der Waals surface area (Å²) >= 11 is 0. The Balaban J connectivity index is 1.64. The molecule has 1 atom stereocenters. The molecule has 2 rings (SSSR count). The van der Waals surface area contributed by atoms with Crippen molar-refractivity contribution in [2.24, 2.45) is 5.92 Å². The molecule has 0 aromatic carbocycles. The average molecular weight is 241 g/mol. The van der Waals surface area contributed by atoms with E-state index in [-0.39, 0.29) is 0 Å². The van der Waals surface area contributed by atoms with Gasteiger partial charge >= 0.3 is 5.97 Å². The first-order valence-electron chi connectivity index (χ1n) is 6.76. The number of likely N-dealkylation sites (tertiary alicyclic amines) is 1. The van der Waals surface area contributed by atoms with Gasteiger partial charge in [0.2, 0.25) is 0 Å². The summed E-state index contributed by atoms with van der Waals surface area (Å²) in [4.78, 5) is 13.1. The number of hydrogen-bond acceptors (Lipinski definition) is 3. The molecule has 0 bridgehead atoms. The van der Waals surface area contributed by atoms with E-state index in [1.54, 1.807) is 0 Å². The molecule has 1 aliphatic heterocycles. The van der Waals surface area contributed by atoms with Crippen molar-refractivity contribution in [3.63, 3.8) is 0 Å². The molecule has 0 spiro atoms. The molecule has 1 N–H and O–H groups in total. The molecule has 1 heterocycles. The van der Waals surface area contributed by atoms with E-state index in [0.29, 0.717) is 24.5 Å². The maximum atomic E-state index is 10.5. The van der Waals surface area contributed by atoms with Crippen LogP contribution < -0.4 is 0 Å². The highest BCUT2D eigenvalue weighted by atomic mass is 16.5. The van der Waals surface area contributed by atoms with Crippen molar-refractivity contribution < 1.29 is 14.6 Å². The molecule has 0 amide bonds. The first-order chi connectivity index (χ1) is 8.19. The largest absolute Gasteiger partial charge is 0.481 e. The van der Waals surface area contributed by atoms with Crippen molar-refractivity contribution in [1.82, 2.24) is 4.90 Å². The average Bonchev–Trinajstić information content (AvgIpc) is 2.68. The van der Waals surface area contributed by atoms with Gasteiger partial charge in [-0.2, -0.15) is 0 Å². The zero-order valence-electron chi connectivity index (χ0n) is 10.6. The molecule has 98 valence electrons. The minimum absolute atomic E-state index is 0.324. The highest BCUT2D eigenvalue weighted by Gasteiger charge is 2.37. The number of hydrogen-bond donors (Lipinski definition) is 1. The van der Waals surface area contributed by atoms with Gasteiger partial charge in [-0.15, -0.1) is 0 Å². The van der Waals surface area contributed by atoms with Gasteiger partial charge in [-0.05, 0) is 45.1 Å². The predicted octanol–water partition coefficient (Wildman–Crippen LogP) is 1.74. The zero-order chi connectivity index (χ0) is 12.3. The number of carbonyl (C=O) groups is 1. The number of ether oxygens (including phenoxy) is 1. The lowest BCUT2D eigenvalue weighted by Gasteiger charge is -2.41. The van der Waals surface area contributed by atoms with E-state index >= 15 is 0 Å². The highest BCUT2D eigenvalue weighted by molar-refractivity contribution is 5.66. The second-order valence-corrected chi connectivity index (χ2v) is 5.28. The van der Waals surface area contributed by atoms with Gasteiger partial charge in [-0.25, -0.2) is 0 Å². The lowest BCUT2D eigenvalue weighted by atomic mass is 9.88. The summed E-state index contributed by atoms with van der Waals surface area (Å²) in [5.74, 6) is -0.0688. The van der Waals surface area contributed by atoms with Crippen LogP contribution in [0.25, 0.3) is 0 Å². The Morgan fingerprint density at radius 1 is 1.47 bits per heavy atom. The fourth-order valence-electron chi connectivity index (χ4n) is 2.97. The van der Waals surface area contributed by atoms with Crippen molar-refractivity contribution >= 4 is 5.97 Å². The fourth-order valence-corrected chi connectivity index (χ4v) is 2.97. The van der Waals surface area contributed by atoms with E-state index < -0.39 is 5.97 Å². The predicted molar refractivity (Wildman–Crippen MR) is 65.0 cm³/mol. The van der Waals surface area contributed by atoms with Crippen molar-refractivity contribution in [3.8, 4) is 0 Å². The molecule has 4 nitrogen and oxygen atoms in total. The third-order valence-corrected chi connectivity index (χ3v) is 4.07. The summed E-state index contributed by atoms with van der Waals surface area (Å²) in [5, 5.41) is 8.67. The first kappa shape index (κ1) is 12.8. The summed E-state index contributed by atoms with van der Waals surface area (Å²) in [6.07, 6.45) is 5.14. The minimum atomic E-state index is -0.663. The van der Waals surface area contributed by atoms with Crippen LogP contribution in [-0.2, 0) is 9.53 Å². The maximum absolute atomic E-state index is 10.5. The summed E-state index contributed by atoms with van der Waals surface area (Å²) in [5.41, 5.74) is 0. The van der Waals surface area contributed by atoms with E-state index in [1.165, 1.54) is 19.3 Å². The number of rotatable bonds is 6. The molecule has 1 unspecified atom stereocenters. The van der Waals surface area contributed by atoms with Gasteiger partial charge in [0.15, 0.2) is 0 Å².